The molecule has 0 aromatic heterocycles. The molecule has 0 spiro atoms. The lowest BCUT2D eigenvalue weighted by Gasteiger charge is -2.39. The van der Waals surface area contributed by atoms with Gasteiger partial charge in [0.25, 0.3) is 0 Å². The van der Waals surface area contributed by atoms with Crippen LogP contribution >= 0.6 is 24.0 Å². The Labute approximate surface area is 162 Å². The van der Waals surface area contributed by atoms with Crippen molar-refractivity contribution < 1.29 is 16.8 Å². The van der Waals surface area contributed by atoms with Gasteiger partial charge in [-0.15, -0.1) is 24.0 Å². The summed E-state index contributed by atoms with van der Waals surface area (Å²) < 4.78 is 46.5. The zero-order valence-electron chi connectivity index (χ0n) is 14.5. The van der Waals surface area contributed by atoms with Crippen LogP contribution in [0.1, 0.15) is 27.2 Å². The molecule has 0 radical (unpaired) electrons. The molecule has 1 unspecified atom stereocenters. The van der Waals surface area contributed by atoms with Crippen molar-refractivity contribution in [2.75, 3.05) is 43.4 Å². The first-order chi connectivity index (χ1) is 10.6. The van der Waals surface area contributed by atoms with Crippen LogP contribution in [0.15, 0.2) is 4.99 Å². The van der Waals surface area contributed by atoms with Crippen LogP contribution in [0.2, 0.25) is 0 Å². The molecule has 2 saturated heterocycles. The molecule has 7 nitrogen and oxygen atoms in total. The summed E-state index contributed by atoms with van der Waals surface area (Å²) >= 11 is 0. The van der Waals surface area contributed by atoms with Gasteiger partial charge in [0.1, 0.15) is 0 Å². The Kier molecular flexibility index (Phi) is 7.37. The van der Waals surface area contributed by atoms with Crippen LogP contribution in [-0.2, 0) is 19.7 Å². The maximum absolute atomic E-state index is 12.1. The average Bonchev–Trinajstić information content (AvgIpc) is 2.77. The molecule has 0 aromatic rings. The predicted octanol–water partition coefficient (Wildman–Crippen LogP) is 0.514. The van der Waals surface area contributed by atoms with E-state index in [2.05, 4.69) is 10.3 Å². The Morgan fingerprint density at radius 2 is 1.92 bits per heavy atom. The Hall–Kier alpha value is -0.100. The molecule has 142 valence electrons. The summed E-state index contributed by atoms with van der Waals surface area (Å²) in [6.45, 7) is 7.39. The number of hydrogen-bond donors (Lipinski definition) is 1. The van der Waals surface area contributed by atoms with Crippen molar-refractivity contribution in [1.82, 2.24) is 10.2 Å². The summed E-state index contributed by atoms with van der Waals surface area (Å²) in [5.41, 5.74) is 0. The monoisotopic (exact) mass is 493 g/mol. The quantitative estimate of drug-likeness (QED) is 0.350. The Morgan fingerprint density at radius 1 is 1.25 bits per heavy atom. The zero-order chi connectivity index (χ0) is 17.3. The van der Waals surface area contributed by atoms with Gasteiger partial charge < -0.3 is 10.2 Å². The summed E-state index contributed by atoms with van der Waals surface area (Å²) in [6, 6.07) is 0. The van der Waals surface area contributed by atoms with Gasteiger partial charge in [-0.05, 0) is 33.1 Å². The van der Waals surface area contributed by atoms with Crippen LogP contribution in [0.5, 0.6) is 0 Å². The van der Waals surface area contributed by atoms with Crippen molar-refractivity contribution in [3.63, 3.8) is 0 Å². The second kappa shape index (κ2) is 8.07. The minimum absolute atomic E-state index is 0. The Bertz CT molecular complexity index is 674. The highest BCUT2D eigenvalue weighted by Crippen LogP contribution is 2.24. The van der Waals surface area contributed by atoms with Gasteiger partial charge in [0, 0.05) is 26.2 Å². The molecule has 1 N–H and O–H groups in total. The van der Waals surface area contributed by atoms with Gasteiger partial charge in [-0.2, -0.15) is 0 Å². The fourth-order valence-electron chi connectivity index (χ4n) is 2.98. The summed E-state index contributed by atoms with van der Waals surface area (Å²) in [4.78, 5) is 6.54. The second-order valence-corrected chi connectivity index (χ2v) is 11.9. The lowest BCUT2D eigenvalue weighted by molar-refractivity contribution is 0.352. The third-order valence-electron chi connectivity index (χ3n) is 4.50. The van der Waals surface area contributed by atoms with Crippen LogP contribution in [0.25, 0.3) is 0 Å². The van der Waals surface area contributed by atoms with E-state index in [0.29, 0.717) is 38.6 Å². The summed E-state index contributed by atoms with van der Waals surface area (Å²) in [5.74, 6) is 1.31. The van der Waals surface area contributed by atoms with E-state index in [1.54, 1.807) is 13.8 Å². The second-order valence-electron chi connectivity index (χ2n) is 6.96. The largest absolute Gasteiger partial charge is 0.357 e. The first kappa shape index (κ1) is 21.9. The molecule has 0 saturated carbocycles. The van der Waals surface area contributed by atoms with E-state index in [0.717, 1.165) is 0 Å². The number of rotatable bonds is 3. The molecule has 0 aromatic carbocycles. The lowest BCUT2D eigenvalue weighted by atomic mass is 10.1. The highest BCUT2D eigenvalue weighted by atomic mass is 127. The van der Waals surface area contributed by atoms with Crippen LogP contribution in [0, 0.1) is 5.92 Å². The van der Waals surface area contributed by atoms with Crippen LogP contribution in [0.3, 0.4) is 0 Å². The SMILES string of the molecule is CCNC(=NCC1CCS(=O)(=O)C1)N1CCS(=O)(=O)C(C)(C)C1.I. The number of nitrogens with one attached hydrogen (secondary N) is 1. The molecule has 10 heteroatoms. The molecule has 24 heavy (non-hydrogen) atoms. The van der Waals surface area contributed by atoms with Gasteiger partial charge >= 0.3 is 0 Å². The van der Waals surface area contributed by atoms with Crippen molar-refractivity contribution in [1.29, 1.82) is 0 Å². The Balaban J connectivity index is 0.00000288. The molecule has 2 aliphatic heterocycles. The maximum Gasteiger partial charge on any atom is 0.194 e. The van der Waals surface area contributed by atoms with E-state index in [-0.39, 0.29) is 47.2 Å². The number of nitrogens with zero attached hydrogens (tertiary/aromatic N) is 2. The molecule has 0 bridgehead atoms. The van der Waals surface area contributed by atoms with Crippen molar-refractivity contribution in [3.8, 4) is 0 Å². The minimum atomic E-state index is -3.09. The number of sulfone groups is 2. The first-order valence-corrected chi connectivity index (χ1v) is 11.5. The third-order valence-corrected chi connectivity index (χ3v) is 8.87. The van der Waals surface area contributed by atoms with E-state index < -0.39 is 24.4 Å². The molecule has 1 atom stereocenters. The summed E-state index contributed by atoms with van der Waals surface area (Å²) in [6.07, 6.45) is 0.658. The number of hydrogen-bond acceptors (Lipinski definition) is 5. The third kappa shape index (κ3) is 5.20. The maximum atomic E-state index is 12.1. The smallest absolute Gasteiger partial charge is 0.194 e. The van der Waals surface area contributed by atoms with E-state index in [1.165, 1.54) is 0 Å². The molecule has 0 aliphatic carbocycles. The van der Waals surface area contributed by atoms with E-state index in [4.69, 9.17) is 0 Å². The van der Waals surface area contributed by atoms with Crippen LogP contribution in [-0.4, -0.2) is 75.9 Å². The lowest BCUT2D eigenvalue weighted by Crippen LogP contribution is -2.57. The molecule has 0 amide bonds. The van der Waals surface area contributed by atoms with E-state index in [1.807, 2.05) is 11.8 Å². The standard InChI is InChI=1S/C14H27N3O4S2.HI/c1-4-15-13(16-9-12-5-7-22(18,19)10-12)17-6-8-23(20,21)14(2,3)11-17;/h12H,4-11H2,1-3H3,(H,15,16);1H. The van der Waals surface area contributed by atoms with Crippen molar-refractivity contribution in [2.24, 2.45) is 10.9 Å². The topological polar surface area (TPSA) is 95.9 Å². The normalized spacial score (nSPS) is 28.2. The van der Waals surface area contributed by atoms with Gasteiger partial charge in [0.15, 0.2) is 25.6 Å². The average molecular weight is 493 g/mol. The molecule has 2 heterocycles. The predicted molar refractivity (Wildman–Crippen MR) is 108 cm³/mol. The number of halogens is 1. The Morgan fingerprint density at radius 3 is 2.42 bits per heavy atom. The van der Waals surface area contributed by atoms with Crippen molar-refractivity contribution in [3.05, 3.63) is 0 Å². The molecule has 2 rings (SSSR count). The summed E-state index contributed by atoms with van der Waals surface area (Å²) in [7, 11) is -5.99. The number of guanidine groups is 1. The van der Waals surface area contributed by atoms with Crippen molar-refractivity contribution >= 4 is 49.6 Å². The van der Waals surface area contributed by atoms with Gasteiger partial charge in [-0.25, -0.2) is 16.8 Å². The molecular weight excluding hydrogens is 465 g/mol. The first-order valence-electron chi connectivity index (χ1n) is 8.02. The van der Waals surface area contributed by atoms with E-state index in [9.17, 15) is 16.8 Å². The molecule has 2 fully saturated rings. The van der Waals surface area contributed by atoms with E-state index >= 15 is 0 Å². The van der Waals surface area contributed by atoms with Gasteiger partial charge in [-0.1, -0.05) is 0 Å². The van der Waals surface area contributed by atoms with Crippen LogP contribution in [0.4, 0.5) is 0 Å². The van der Waals surface area contributed by atoms with Crippen molar-refractivity contribution in [2.45, 2.75) is 31.9 Å². The number of aliphatic imine (C=N–C) groups is 1. The van der Waals surface area contributed by atoms with Crippen LogP contribution < -0.4 is 5.32 Å². The zero-order valence-corrected chi connectivity index (χ0v) is 18.4. The summed E-state index contributed by atoms with van der Waals surface area (Å²) in [5, 5.41) is 3.19. The molecular formula is C14H28IN3O4S2. The highest BCUT2D eigenvalue weighted by molar-refractivity contribution is 14.0. The van der Waals surface area contributed by atoms with Gasteiger partial charge in [-0.3, -0.25) is 4.99 Å². The van der Waals surface area contributed by atoms with Gasteiger partial charge in [0.05, 0.1) is 22.0 Å². The fraction of sp³-hybridized carbons (Fsp3) is 0.929. The molecule has 2 aliphatic rings. The fourth-order valence-corrected chi connectivity index (χ4v) is 6.20. The minimum Gasteiger partial charge on any atom is -0.357 e. The highest BCUT2D eigenvalue weighted by Gasteiger charge is 2.41. The van der Waals surface area contributed by atoms with Gasteiger partial charge in [0.2, 0.25) is 0 Å².